The summed E-state index contributed by atoms with van der Waals surface area (Å²) in [6.07, 6.45) is 8.22. The first kappa shape index (κ1) is 27.1. The van der Waals surface area contributed by atoms with Crippen molar-refractivity contribution in [3.63, 3.8) is 0 Å². The average Bonchev–Trinajstić information content (AvgIpc) is 3.66. The van der Waals surface area contributed by atoms with Crippen LogP contribution in [0.4, 0.5) is 0 Å². The van der Waals surface area contributed by atoms with Crippen LogP contribution in [0.1, 0.15) is 43.0 Å². The van der Waals surface area contributed by atoms with Crippen molar-refractivity contribution < 1.29 is 28.9 Å². The zero-order chi connectivity index (χ0) is 28.2. The Morgan fingerprint density at radius 3 is 2.77 bits per heavy atom. The van der Waals surface area contributed by atoms with Crippen molar-refractivity contribution >= 4 is 17.4 Å². The van der Waals surface area contributed by atoms with Crippen molar-refractivity contribution in [1.82, 2.24) is 14.5 Å². The predicted molar refractivity (Wildman–Crippen MR) is 149 cm³/mol. The molecule has 1 amide bonds. The smallest absolute Gasteiger partial charge is 0.295 e. The maximum absolute atomic E-state index is 13.5. The lowest BCUT2D eigenvalue weighted by Crippen LogP contribution is -2.31. The number of ketones is 1. The highest BCUT2D eigenvalue weighted by Gasteiger charge is 2.46. The fourth-order valence-electron chi connectivity index (χ4n) is 5.26. The minimum atomic E-state index is -0.807. The number of hydrogen-bond acceptors (Lipinski definition) is 7. The molecule has 3 aromatic rings. The summed E-state index contributed by atoms with van der Waals surface area (Å²) < 4.78 is 19.3. The van der Waals surface area contributed by atoms with E-state index in [1.165, 1.54) is 4.90 Å². The van der Waals surface area contributed by atoms with Crippen LogP contribution in [0.3, 0.4) is 0 Å². The fraction of sp³-hybridized carbons (Fsp3) is 0.323. The lowest BCUT2D eigenvalue weighted by molar-refractivity contribution is -0.139. The maximum atomic E-state index is 13.5. The third-order valence-electron chi connectivity index (χ3n) is 7.02. The van der Waals surface area contributed by atoms with Gasteiger partial charge in [0.05, 0.1) is 24.5 Å². The SMILES string of the molecule is C=CCOc1ccc(C2/C(=C(\O)c3ccc4c(c3)CC(C)O4)C(=O)C(=O)N2CCCn2ccnc2)cc1OCC. The van der Waals surface area contributed by atoms with Crippen LogP contribution in [-0.4, -0.2) is 57.1 Å². The van der Waals surface area contributed by atoms with Crippen LogP contribution in [-0.2, 0) is 22.6 Å². The standard InChI is InChI=1S/C31H33N3O6/c1-4-15-39-25-10-7-21(18-26(25)38-5-2)28-27(29(35)22-8-9-24-23(17-22)16-20(3)40-24)30(36)31(37)34(28)13-6-12-33-14-11-32-19-33/h4,7-11,14,17-20,28,35H,1,5-6,12-13,15-16H2,2-3H3/b29-27+. The first-order valence-electron chi connectivity index (χ1n) is 13.5. The number of aliphatic hydroxyl groups excluding tert-OH is 1. The Hall–Kier alpha value is -4.53. The van der Waals surface area contributed by atoms with Crippen LogP contribution in [0.15, 0.2) is 73.3 Å². The molecule has 1 N–H and O–H groups in total. The maximum Gasteiger partial charge on any atom is 0.295 e. The molecule has 0 saturated carbocycles. The van der Waals surface area contributed by atoms with Gasteiger partial charge in [-0.15, -0.1) is 0 Å². The molecule has 0 aliphatic carbocycles. The van der Waals surface area contributed by atoms with Crippen molar-refractivity contribution in [3.05, 3.63) is 90.0 Å². The highest BCUT2D eigenvalue weighted by molar-refractivity contribution is 6.46. The third-order valence-corrected chi connectivity index (χ3v) is 7.02. The number of aryl methyl sites for hydroxylation is 1. The number of ether oxygens (including phenoxy) is 3. The second-order valence-electron chi connectivity index (χ2n) is 9.84. The molecule has 0 radical (unpaired) electrons. The van der Waals surface area contributed by atoms with E-state index >= 15 is 0 Å². The number of rotatable bonds is 11. The van der Waals surface area contributed by atoms with Gasteiger partial charge in [0.15, 0.2) is 11.5 Å². The molecule has 3 heterocycles. The fourth-order valence-corrected chi connectivity index (χ4v) is 5.26. The highest BCUT2D eigenvalue weighted by Crippen LogP contribution is 2.43. The molecule has 0 spiro atoms. The quantitative estimate of drug-likeness (QED) is 0.162. The summed E-state index contributed by atoms with van der Waals surface area (Å²) in [6, 6.07) is 9.85. The van der Waals surface area contributed by atoms with Gasteiger partial charge in [-0.1, -0.05) is 18.7 Å². The number of hydrogen-bond donors (Lipinski definition) is 1. The van der Waals surface area contributed by atoms with Crippen molar-refractivity contribution in [1.29, 1.82) is 0 Å². The van der Waals surface area contributed by atoms with E-state index in [9.17, 15) is 14.7 Å². The molecule has 0 bridgehead atoms. The van der Waals surface area contributed by atoms with Crippen LogP contribution in [0.2, 0.25) is 0 Å². The second kappa shape index (κ2) is 11.7. The van der Waals surface area contributed by atoms with Crippen molar-refractivity contribution in [2.45, 2.75) is 45.4 Å². The topological polar surface area (TPSA) is 103 Å². The Kier molecular flexibility index (Phi) is 7.91. The number of carbonyl (C=O) groups is 2. The average molecular weight is 544 g/mol. The molecule has 2 aliphatic heterocycles. The molecular weight excluding hydrogens is 510 g/mol. The molecule has 208 valence electrons. The summed E-state index contributed by atoms with van der Waals surface area (Å²) in [6.45, 7) is 9.16. The zero-order valence-electron chi connectivity index (χ0n) is 22.7. The summed E-state index contributed by atoms with van der Waals surface area (Å²) in [7, 11) is 0. The number of likely N-dealkylation sites (tertiary alicyclic amines) is 1. The third kappa shape index (κ3) is 5.32. The van der Waals surface area contributed by atoms with Crippen LogP contribution < -0.4 is 14.2 Å². The molecule has 2 aromatic carbocycles. The van der Waals surface area contributed by atoms with Gasteiger partial charge in [-0.05, 0) is 61.7 Å². The van der Waals surface area contributed by atoms with Gasteiger partial charge in [0.1, 0.15) is 24.2 Å². The van der Waals surface area contributed by atoms with E-state index in [0.717, 1.165) is 11.3 Å². The Bertz CT molecular complexity index is 1450. The molecular formula is C31H33N3O6. The number of aromatic nitrogens is 2. The minimum absolute atomic E-state index is 0.0345. The lowest BCUT2D eigenvalue weighted by atomic mass is 9.94. The minimum Gasteiger partial charge on any atom is -0.507 e. The highest BCUT2D eigenvalue weighted by atomic mass is 16.5. The molecule has 2 unspecified atom stereocenters. The molecule has 9 nitrogen and oxygen atoms in total. The molecule has 1 aromatic heterocycles. The molecule has 2 aliphatic rings. The van der Waals surface area contributed by atoms with E-state index in [1.807, 2.05) is 30.7 Å². The molecule has 9 heteroatoms. The lowest BCUT2D eigenvalue weighted by Gasteiger charge is -2.26. The number of aliphatic hydroxyl groups is 1. The predicted octanol–water partition coefficient (Wildman–Crippen LogP) is 4.68. The first-order valence-corrected chi connectivity index (χ1v) is 13.5. The molecule has 5 rings (SSSR count). The van der Waals surface area contributed by atoms with Crippen molar-refractivity contribution in [2.75, 3.05) is 19.8 Å². The van der Waals surface area contributed by atoms with E-state index in [4.69, 9.17) is 14.2 Å². The monoisotopic (exact) mass is 543 g/mol. The molecule has 1 saturated heterocycles. The Labute approximate surface area is 233 Å². The summed E-state index contributed by atoms with van der Waals surface area (Å²) in [5.41, 5.74) is 2.09. The van der Waals surface area contributed by atoms with Gasteiger partial charge in [0.2, 0.25) is 0 Å². The number of benzene rings is 2. The first-order chi connectivity index (χ1) is 19.4. The van der Waals surface area contributed by atoms with Gasteiger partial charge in [-0.25, -0.2) is 4.98 Å². The van der Waals surface area contributed by atoms with E-state index in [1.54, 1.807) is 48.9 Å². The second-order valence-corrected chi connectivity index (χ2v) is 9.84. The van der Waals surface area contributed by atoms with Gasteiger partial charge >= 0.3 is 0 Å². The Morgan fingerprint density at radius 1 is 1.18 bits per heavy atom. The zero-order valence-corrected chi connectivity index (χ0v) is 22.7. The van der Waals surface area contributed by atoms with Gasteiger partial charge < -0.3 is 28.8 Å². The number of carbonyl (C=O) groups excluding carboxylic acids is 2. The van der Waals surface area contributed by atoms with E-state index in [0.29, 0.717) is 61.8 Å². The summed E-state index contributed by atoms with van der Waals surface area (Å²) in [4.78, 5) is 32.5. The summed E-state index contributed by atoms with van der Waals surface area (Å²) >= 11 is 0. The molecule has 1 fully saturated rings. The number of imidazole rings is 1. The normalized spacial score (nSPS) is 19.4. The largest absolute Gasteiger partial charge is 0.507 e. The number of nitrogens with zero attached hydrogens (tertiary/aromatic N) is 3. The Morgan fingerprint density at radius 2 is 2.02 bits per heavy atom. The number of fused-ring (bicyclic) bond motifs is 1. The van der Waals surface area contributed by atoms with Crippen LogP contribution in [0.25, 0.3) is 5.76 Å². The van der Waals surface area contributed by atoms with Crippen LogP contribution in [0.5, 0.6) is 17.2 Å². The van der Waals surface area contributed by atoms with E-state index in [2.05, 4.69) is 11.6 Å². The van der Waals surface area contributed by atoms with E-state index < -0.39 is 17.7 Å². The van der Waals surface area contributed by atoms with Crippen molar-refractivity contribution in [2.24, 2.45) is 0 Å². The number of amides is 1. The molecule has 40 heavy (non-hydrogen) atoms. The van der Waals surface area contributed by atoms with Gasteiger partial charge in [0.25, 0.3) is 11.7 Å². The van der Waals surface area contributed by atoms with Gasteiger partial charge in [0, 0.05) is 37.5 Å². The van der Waals surface area contributed by atoms with E-state index in [-0.39, 0.29) is 17.4 Å². The van der Waals surface area contributed by atoms with Crippen molar-refractivity contribution in [3.8, 4) is 17.2 Å². The van der Waals surface area contributed by atoms with Gasteiger partial charge in [-0.3, -0.25) is 9.59 Å². The van der Waals surface area contributed by atoms with Crippen LogP contribution in [0, 0.1) is 0 Å². The number of Topliss-reactive ketones (excluding diaryl/α,β-unsaturated/α-hetero) is 1. The summed E-state index contributed by atoms with van der Waals surface area (Å²) in [5.74, 6) is 0.176. The molecule has 2 atom stereocenters. The Balaban J connectivity index is 1.56. The van der Waals surface area contributed by atoms with Gasteiger partial charge in [-0.2, -0.15) is 0 Å². The summed E-state index contributed by atoms with van der Waals surface area (Å²) in [5, 5.41) is 11.5. The van der Waals surface area contributed by atoms with Crippen LogP contribution >= 0.6 is 0 Å².